The van der Waals surface area contributed by atoms with Crippen LogP contribution in [0.3, 0.4) is 0 Å². The van der Waals surface area contributed by atoms with Crippen molar-refractivity contribution in [3.63, 3.8) is 0 Å². The quantitative estimate of drug-likeness (QED) is 0.559. The summed E-state index contributed by atoms with van der Waals surface area (Å²) in [4.78, 5) is 26.4. The summed E-state index contributed by atoms with van der Waals surface area (Å²) < 4.78 is 13.9. The lowest BCUT2D eigenvalue weighted by Crippen LogP contribution is -2.45. The molecule has 1 aromatic heterocycles. The second-order valence-electron chi connectivity index (χ2n) is 8.47. The van der Waals surface area contributed by atoms with Crippen molar-refractivity contribution < 1.29 is 9.18 Å². The van der Waals surface area contributed by atoms with Crippen molar-refractivity contribution in [1.82, 2.24) is 14.9 Å². The third-order valence-electron chi connectivity index (χ3n) is 6.74. The normalized spacial score (nSPS) is 21.6. The first-order valence-corrected chi connectivity index (χ1v) is 11.2. The van der Waals surface area contributed by atoms with Crippen LogP contribution in [-0.4, -0.2) is 45.9 Å². The number of likely N-dealkylation sites (tertiary alicyclic amines) is 1. The van der Waals surface area contributed by atoms with Gasteiger partial charge in [-0.3, -0.25) is 4.79 Å². The Balaban J connectivity index is 1.40. The zero-order valence-electron chi connectivity index (χ0n) is 17.2. The number of hydrogen-bond acceptors (Lipinski definition) is 4. The molecule has 1 spiro atoms. The highest BCUT2D eigenvalue weighted by Gasteiger charge is 2.43. The zero-order chi connectivity index (χ0) is 21.4. The number of anilines is 1. The van der Waals surface area contributed by atoms with Crippen LogP contribution in [0.1, 0.15) is 42.5 Å². The summed E-state index contributed by atoms with van der Waals surface area (Å²) in [5, 5.41) is 1.10. The Bertz CT molecular complexity index is 1130. The van der Waals surface area contributed by atoms with Gasteiger partial charge in [-0.15, -0.1) is 0 Å². The number of carbonyl (C=O) groups is 1. The smallest absolute Gasteiger partial charge is 0.253 e. The minimum Gasteiger partial charge on any atom is -0.350 e. The lowest BCUT2D eigenvalue weighted by molar-refractivity contribution is 0.0758. The molecule has 5 nitrogen and oxygen atoms in total. The number of hydrogen-bond donors (Lipinski definition) is 0. The number of para-hydroxylation sites is 1. The molecule has 31 heavy (non-hydrogen) atoms. The van der Waals surface area contributed by atoms with Gasteiger partial charge in [-0.25, -0.2) is 14.4 Å². The molecule has 0 N–H and O–H groups in total. The molecule has 1 atom stereocenters. The molecule has 2 fully saturated rings. The maximum Gasteiger partial charge on any atom is 0.253 e. The number of fused-ring (bicyclic) bond motifs is 1. The van der Waals surface area contributed by atoms with Crippen molar-refractivity contribution in [3.8, 4) is 0 Å². The topological polar surface area (TPSA) is 49.3 Å². The van der Waals surface area contributed by atoms with Crippen LogP contribution in [0, 0.1) is 5.82 Å². The molecule has 160 valence electrons. The van der Waals surface area contributed by atoms with Gasteiger partial charge in [-0.1, -0.05) is 23.7 Å². The number of rotatable bonds is 2. The molecule has 3 aromatic rings. The number of amides is 1. The Morgan fingerprint density at radius 2 is 1.81 bits per heavy atom. The molecule has 5 rings (SSSR count). The Morgan fingerprint density at radius 3 is 2.65 bits per heavy atom. The second-order valence-corrected chi connectivity index (χ2v) is 8.88. The Kier molecular flexibility index (Phi) is 5.26. The molecule has 2 aliphatic rings. The maximum atomic E-state index is 13.9. The Morgan fingerprint density at radius 1 is 1.00 bits per heavy atom. The average molecular weight is 439 g/mol. The largest absolute Gasteiger partial charge is 0.350 e. The Hall–Kier alpha value is -2.73. The summed E-state index contributed by atoms with van der Waals surface area (Å²) in [5.41, 5.74) is 1.28. The molecule has 2 saturated heterocycles. The van der Waals surface area contributed by atoms with Crippen LogP contribution in [0.4, 0.5) is 10.2 Å². The molecule has 7 heteroatoms. The zero-order valence-corrected chi connectivity index (χ0v) is 18.0. The fraction of sp³-hybridized carbons (Fsp3) is 0.375. The summed E-state index contributed by atoms with van der Waals surface area (Å²) in [6, 6.07) is 12.4. The van der Waals surface area contributed by atoms with Crippen LogP contribution < -0.4 is 4.90 Å². The van der Waals surface area contributed by atoms with E-state index in [1.807, 2.05) is 23.1 Å². The molecule has 2 aliphatic heterocycles. The fourth-order valence-corrected chi connectivity index (χ4v) is 5.31. The van der Waals surface area contributed by atoms with Crippen LogP contribution >= 0.6 is 11.6 Å². The van der Waals surface area contributed by atoms with Gasteiger partial charge in [0.15, 0.2) is 0 Å². The molecule has 0 bridgehead atoms. The Labute approximate surface area is 185 Å². The van der Waals surface area contributed by atoms with E-state index in [-0.39, 0.29) is 16.5 Å². The summed E-state index contributed by atoms with van der Waals surface area (Å²) in [6.45, 7) is 2.27. The third-order valence-corrected chi connectivity index (χ3v) is 7.05. The maximum absolute atomic E-state index is 13.9. The summed E-state index contributed by atoms with van der Waals surface area (Å²) in [5.74, 6) is 0.295. The predicted octanol–water partition coefficient (Wildman–Crippen LogP) is 5.09. The standard InChI is InChI=1S/C24H24ClFN4O/c25-19-8-7-17(15-20(19)26)23(31)29-12-3-9-24(11-14-29)10-4-13-30(24)22-18-5-1-2-6-21(18)27-16-28-22/h1-2,5-8,15-16H,3-4,9-14H2/t24-/m1/s1. The second kappa shape index (κ2) is 8.08. The van der Waals surface area contributed by atoms with Crippen LogP contribution in [0.2, 0.25) is 5.02 Å². The number of aromatic nitrogens is 2. The first kappa shape index (κ1) is 20.2. The van der Waals surface area contributed by atoms with Gasteiger partial charge in [0.1, 0.15) is 18.0 Å². The van der Waals surface area contributed by atoms with Gasteiger partial charge in [0.25, 0.3) is 5.91 Å². The highest BCUT2D eigenvalue weighted by molar-refractivity contribution is 6.30. The highest BCUT2D eigenvalue weighted by atomic mass is 35.5. The van der Waals surface area contributed by atoms with Gasteiger partial charge < -0.3 is 9.80 Å². The van der Waals surface area contributed by atoms with Gasteiger partial charge in [0, 0.05) is 36.1 Å². The van der Waals surface area contributed by atoms with E-state index in [0.717, 1.165) is 55.4 Å². The number of nitrogens with zero attached hydrogens (tertiary/aromatic N) is 4. The molecule has 3 heterocycles. The molecular formula is C24H24ClFN4O. The van der Waals surface area contributed by atoms with Crippen molar-refractivity contribution in [3.05, 3.63) is 65.2 Å². The van der Waals surface area contributed by atoms with Gasteiger partial charge in [-0.2, -0.15) is 0 Å². The minimum absolute atomic E-state index is 0.0165. The van der Waals surface area contributed by atoms with Gasteiger partial charge >= 0.3 is 0 Å². The van der Waals surface area contributed by atoms with E-state index in [9.17, 15) is 9.18 Å². The molecular weight excluding hydrogens is 415 g/mol. The number of halogens is 2. The molecule has 0 radical (unpaired) electrons. The first-order chi connectivity index (χ1) is 15.1. The number of benzene rings is 2. The fourth-order valence-electron chi connectivity index (χ4n) is 5.19. The number of carbonyl (C=O) groups excluding carboxylic acids is 1. The van der Waals surface area contributed by atoms with Crippen LogP contribution in [0.5, 0.6) is 0 Å². The van der Waals surface area contributed by atoms with E-state index in [1.165, 1.54) is 12.1 Å². The summed E-state index contributed by atoms with van der Waals surface area (Å²) >= 11 is 5.78. The van der Waals surface area contributed by atoms with Crippen molar-refractivity contribution in [2.45, 2.75) is 37.6 Å². The van der Waals surface area contributed by atoms with Crippen LogP contribution in [0.15, 0.2) is 48.8 Å². The predicted molar refractivity (Wildman–Crippen MR) is 120 cm³/mol. The van der Waals surface area contributed by atoms with E-state index in [2.05, 4.69) is 20.9 Å². The molecule has 0 aliphatic carbocycles. The van der Waals surface area contributed by atoms with Crippen molar-refractivity contribution in [2.24, 2.45) is 0 Å². The molecule has 1 amide bonds. The molecule has 0 saturated carbocycles. The minimum atomic E-state index is -0.559. The summed E-state index contributed by atoms with van der Waals surface area (Å²) in [6.07, 6.45) is 6.61. The lowest BCUT2D eigenvalue weighted by atomic mass is 9.87. The van der Waals surface area contributed by atoms with Crippen LogP contribution in [0.25, 0.3) is 10.9 Å². The van der Waals surface area contributed by atoms with E-state index >= 15 is 0 Å². The van der Waals surface area contributed by atoms with Gasteiger partial charge in [0.05, 0.1) is 10.5 Å². The highest BCUT2D eigenvalue weighted by Crippen LogP contribution is 2.42. The average Bonchev–Trinajstić information content (AvgIpc) is 3.07. The lowest BCUT2D eigenvalue weighted by Gasteiger charge is -2.39. The monoisotopic (exact) mass is 438 g/mol. The van der Waals surface area contributed by atoms with Crippen LogP contribution in [-0.2, 0) is 0 Å². The molecule has 2 aromatic carbocycles. The van der Waals surface area contributed by atoms with E-state index in [4.69, 9.17) is 11.6 Å². The van der Waals surface area contributed by atoms with Crippen molar-refractivity contribution in [1.29, 1.82) is 0 Å². The van der Waals surface area contributed by atoms with Crippen molar-refractivity contribution >= 4 is 34.2 Å². The van der Waals surface area contributed by atoms with E-state index in [1.54, 1.807) is 12.4 Å². The third kappa shape index (κ3) is 3.63. The van der Waals surface area contributed by atoms with Gasteiger partial charge in [0.2, 0.25) is 0 Å². The SMILES string of the molecule is O=C(c1ccc(Cl)c(F)c1)N1CCC[C@@]2(CCCN2c2ncnc3ccccc23)CC1. The first-order valence-electron chi connectivity index (χ1n) is 10.8. The van der Waals surface area contributed by atoms with E-state index in [0.29, 0.717) is 18.7 Å². The van der Waals surface area contributed by atoms with Crippen molar-refractivity contribution in [2.75, 3.05) is 24.5 Å². The van der Waals surface area contributed by atoms with Gasteiger partial charge in [-0.05, 0) is 62.4 Å². The van der Waals surface area contributed by atoms with E-state index < -0.39 is 5.82 Å². The summed E-state index contributed by atoms with van der Waals surface area (Å²) in [7, 11) is 0. The molecule has 0 unspecified atom stereocenters.